The molecule has 22 heavy (non-hydrogen) atoms. The minimum absolute atomic E-state index is 0.120. The van der Waals surface area contributed by atoms with E-state index in [-0.39, 0.29) is 24.0 Å². The molecule has 0 saturated heterocycles. The Kier molecular flexibility index (Phi) is 5.91. The van der Waals surface area contributed by atoms with Crippen LogP contribution in [0.1, 0.15) is 10.8 Å². The van der Waals surface area contributed by atoms with E-state index in [9.17, 15) is 13.6 Å². The Morgan fingerprint density at radius 2 is 1.91 bits per heavy atom. The Morgan fingerprint density at radius 3 is 2.55 bits per heavy atom. The lowest BCUT2D eigenvalue weighted by molar-refractivity contribution is -0.120. The van der Waals surface area contributed by atoms with Crippen LogP contribution in [0.5, 0.6) is 0 Å². The molecular formula is C16H15F2NO2S. The molecule has 3 nitrogen and oxygen atoms in total. The highest BCUT2D eigenvalue weighted by molar-refractivity contribution is 8.00. The van der Waals surface area contributed by atoms with Crippen molar-refractivity contribution in [1.82, 2.24) is 5.32 Å². The highest BCUT2D eigenvalue weighted by atomic mass is 32.2. The second-order valence-electron chi connectivity index (χ2n) is 4.50. The molecule has 1 unspecified atom stereocenters. The Hall–Kier alpha value is -1.92. The summed E-state index contributed by atoms with van der Waals surface area (Å²) in [6, 6.07) is 12.1. The molecule has 2 rings (SSSR count). The van der Waals surface area contributed by atoms with Crippen molar-refractivity contribution in [3.05, 3.63) is 65.7 Å². The molecule has 0 saturated carbocycles. The van der Waals surface area contributed by atoms with Gasteiger partial charge in [-0.25, -0.2) is 8.78 Å². The van der Waals surface area contributed by atoms with E-state index in [0.717, 1.165) is 23.9 Å². The lowest BCUT2D eigenvalue weighted by atomic mass is 10.1. The summed E-state index contributed by atoms with van der Waals surface area (Å²) in [4.78, 5) is 12.4. The van der Waals surface area contributed by atoms with Crippen LogP contribution in [0.25, 0.3) is 0 Å². The van der Waals surface area contributed by atoms with Gasteiger partial charge < -0.3 is 10.4 Å². The summed E-state index contributed by atoms with van der Waals surface area (Å²) in [5.41, 5.74) is 0.701. The maximum Gasteiger partial charge on any atom is 0.238 e. The van der Waals surface area contributed by atoms with E-state index in [1.807, 2.05) is 6.07 Å². The van der Waals surface area contributed by atoms with Crippen molar-refractivity contribution in [3.63, 3.8) is 0 Å². The van der Waals surface area contributed by atoms with Gasteiger partial charge in [-0.1, -0.05) is 30.3 Å². The smallest absolute Gasteiger partial charge is 0.238 e. The standard InChI is InChI=1S/C16H15F2NO2S/c17-12-6-7-14(13(18)10-12)22-15(16(21)19-8-9-20)11-4-2-1-3-5-11/h1-7,10,15,20H,8-9H2,(H,19,21). The summed E-state index contributed by atoms with van der Waals surface area (Å²) in [6.07, 6.45) is 0. The lowest BCUT2D eigenvalue weighted by Gasteiger charge is -2.17. The molecule has 0 aliphatic heterocycles. The zero-order chi connectivity index (χ0) is 15.9. The SMILES string of the molecule is O=C(NCCO)C(Sc1ccc(F)cc1F)c1ccccc1. The van der Waals surface area contributed by atoms with Crippen LogP contribution in [0.3, 0.4) is 0 Å². The minimum atomic E-state index is -0.708. The van der Waals surface area contributed by atoms with E-state index >= 15 is 0 Å². The Bertz CT molecular complexity index is 637. The average Bonchev–Trinajstić information content (AvgIpc) is 2.52. The first-order chi connectivity index (χ1) is 10.6. The summed E-state index contributed by atoms with van der Waals surface area (Å²) in [5.74, 6) is -1.71. The molecule has 0 bridgehead atoms. The van der Waals surface area contributed by atoms with Crippen LogP contribution in [0, 0.1) is 11.6 Å². The van der Waals surface area contributed by atoms with Crippen LogP contribution in [0.2, 0.25) is 0 Å². The maximum atomic E-state index is 13.8. The number of thioether (sulfide) groups is 1. The third-order valence-corrected chi connectivity index (χ3v) is 4.20. The van der Waals surface area contributed by atoms with Gasteiger partial charge in [-0.3, -0.25) is 4.79 Å². The van der Waals surface area contributed by atoms with Crippen molar-refractivity contribution < 1.29 is 18.7 Å². The molecule has 0 radical (unpaired) electrons. The third kappa shape index (κ3) is 4.29. The Balaban J connectivity index is 2.26. The molecule has 1 amide bonds. The van der Waals surface area contributed by atoms with Gasteiger partial charge in [0.1, 0.15) is 16.9 Å². The third-order valence-electron chi connectivity index (χ3n) is 2.89. The van der Waals surface area contributed by atoms with Gasteiger partial charge in [-0.05, 0) is 17.7 Å². The summed E-state index contributed by atoms with van der Waals surface area (Å²) < 4.78 is 26.8. The molecule has 2 aromatic carbocycles. The molecule has 116 valence electrons. The van der Waals surface area contributed by atoms with Gasteiger partial charge in [0, 0.05) is 17.5 Å². The molecule has 0 aliphatic rings. The normalized spacial score (nSPS) is 12.0. The number of aliphatic hydroxyl groups excluding tert-OH is 1. The fourth-order valence-electron chi connectivity index (χ4n) is 1.87. The Labute approximate surface area is 131 Å². The largest absolute Gasteiger partial charge is 0.395 e. The number of halogens is 2. The van der Waals surface area contributed by atoms with Crippen LogP contribution < -0.4 is 5.32 Å². The van der Waals surface area contributed by atoms with E-state index < -0.39 is 16.9 Å². The number of hydrogen-bond donors (Lipinski definition) is 2. The fraction of sp³-hybridized carbons (Fsp3) is 0.188. The zero-order valence-corrected chi connectivity index (χ0v) is 12.4. The van der Waals surface area contributed by atoms with Gasteiger partial charge in [0.25, 0.3) is 0 Å². The minimum Gasteiger partial charge on any atom is -0.395 e. The van der Waals surface area contributed by atoms with Gasteiger partial charge in [-0.15, -0.1) is 11.8 Å². The molecular weight excluding hydrogens is 308 g/mol. The molecule has 6 heteroatoms. The highest BCUT2D eigenvalue weighted by Crippen LogP contribution is 2.36. The molecule has 0 heterocycles. The highest BCUT2D eigenvalue weighted by Gasteiger charge is 2.23. The number of nitrogens with one attached hydrogen (secondary N) is 1. The van der Waals surface area contributed by atoms with Crippen LogP contribution in [-0.2, 0) is 4.79 Å². The number of benzene rings is 2. The van der Waals surface area contributed by atoms with E-state index in [2.05, 4.69) is 5.32 Å². The van der Waals surface area contributed by atoms with Gasteiger partial charge in [0.2, 0.25) is 5.91 Å². The molecule has 0 aromatic heterocycles. The van der Waals surface area contributed by atoms with Gasteiger partial charge in [-0.2, -0.15) is 0 Å². The van der Waals surface area contributed by atoms with Crippen molar-refractivity contribution in [2.75, 3.05) is 13.2 Å². The van der Waals surface area contributed by atoms with E-state index in [1.165, 1.54) is 6.07 Å². The van der Waals surface area contributed by atoms with Gasteiger partial charge in [0.15, 0.2) is 0 Å². The number of aliphatic hydroxyl groups is 1. The van der Waals surface area contributed by atoms with Gasteiger partial charge >= 0.3 is 0 Å². The molecule has 2 aromatic rings. The van der Waals surface area contributed by atoms with Crippen LogP contribution in [0.15, 0.2) is 53.4 Å². The van der Waals surface area contributed by atoms with E-state index in [1.54, 1.807) is 24.3 Å². The average molecular weight is 323 g/mol. The van der Waals surface area contributed by atoms with E-state index in [0.29, 0.717) is 5.56 Å². The predicted octanol–water partition coefficient (Wildman–Crippen LogP) is 2.91. The second kappa shape index (κ2) is 7.91. The zero-order valence-electron chi connectivity index (χ0n) is 11.6. The molecule has 2 N–H and O–H groups in total. The van der Waals surface area contributed by atoms with Crippen LogP contribution in [-0.4, -0.2) is 24.2 Å². The summed E-state index contributed by atoms with van der Waals surface area (Å²) in [7, 11) is 0. The monoisotopic (exact) mass is 323 g/mol. The van der Waals surface area contributed by atoms with Crippen molar-refractivity contribution in [1.29, 1.82) is 0 Å². The van der Waals surface area contributed by atoms with Crippen molar-refractivity contribution in [2.45, 2.75) is 10.1 Å². The lowest BCUT2D eigenvalue weighted by Crippen LogP contribution is -2.30. The summed E-state index contributed by atoms with van der Waals surface area (Å²) in [5, 5.41) is 10.7. The van der Waals surface area contributed by atoms with E-state index in [4.69, 9.17) is 5.11 Å². The molecule has 0 fully saturated rings. The van der Waals surface area contributed by atoms with Crippen molar-refractivity contribution >= 4 is 17.7 Å². The summed E-state index contributed by atoms with van der Waals surface area (Å²) >= 11 is 1.00. The molecule has 1 atom stereocenters. The molecule has 0 spiro atoms. The van der Waals surface area contributed by atoms with Gasteiger partial charge in [0.05, 0.1) is 6.61 Å². The number of amides is 1. The quantitative estimate of drug-likeness (QED) is 0.804. The number of carbonyl (C=O) groups is 1. The summed E-state index contributed by atoms with van der Waals surface area (Å²) in [6.45, 7) is -0.0581. The maximum absolute atomic E-state index is 13.8. The second-order valence-corrected chi connectivity index (χ2v) is 5.64. The number of carbonyl (C=O) groups excluding carboxylic acids is 1. The van der Waals surface area contributed by atoms with Crippen LogP contribution in [0.4, 0.5) is 8.78 Å². The predicted molar refractivity (Wildman–Crippen MR) is 81.5 cm³/mol. The number of hydrogen-bond acceptors (Lipinski definition) is 3. The molecule has 0 aliphatic carbocycles. The first-order valence-electron chi connectivity index (χ1n) is 6.67. The fourth-order valence-corrected chi connectivity index (χ4v) is 2.93. The van der Waals surface area contributed by atoms with Crippen molar-refractivity contribution in [2.24, 2.45) is 0 Å². The van der Waals surface area contributed by atoms with Crippen molar-refractivity contribution in [3.8, 4) is 0 Å². The van der Waals surface area contributed by atoms with Crippen LogP contribution >= 0.6 is 11.8 Å². The Morgan fingerprint density at radius 1 is 1.18 bits per heavy atom. The first kappa shape index (κ1) is 16.5. The topological polar surface area (TPSA) is 49.3 Å². The number of rotatable bonds is 6. The first-order valence-corrected chi connectivity index (χ1v) is 7.55.